The average molecular weight is 392 g/mol. The van der Waals surface area contributed by atoms with Crippen molar-refractivity contribution in [2.45, 2.75) is 39.0 Å². The second-order valence-electron chi connectivity index (χ2n) is 8.26. The topological polar surface area (TPSA) is 52.7 Å². The molecule has 0 unspecified atom stereocenters. The summed E-state index contributed by atoms with van der Waals surface area (Å²) in [7, 11) is 0. The third-order valence-corrected chi connectivity index (χ3v) is 5.99. The summed E-state index contributed by atoms with van der Waals surface area (Å²) in [6, 6.07) is 15.9. The minimum Gasteiger partial charge on any atom is -0.372 e. The summed E-state index contributed by atoms with van der Waals surface area (Å²) in [6.45, 7) is 5.30. The standard InChI is InChI=1S/C24H29N3O2/c1-18-12-15-26(16-13-18)21-10-6-20(7-11-21)25-23(28)17-19-4-8-22(9-5-19)27-14-2-3-24(27)29/h4-11,18H,2-3,12-17H2,1H3,(H,25,28). The maximum Gasteiger partial charge on any atom is 0.228 e. The number of carbonyl (C=O) groups excluding carboxylic acids is 2. The first-order valence-corrected chi connectivity index (χ1v) is 10.6. The van der Waals surface area contributed by atoms with E-state index < -0.39 is 0 Å². The van der Waals surface area contributed by atoms with Crippen LogP contribution in [-0.4, -0.2) is 31.4 Å². The van der Waals surface area contributed by atoms with Gasteiger partial charge < -0.3 is 15.1 Å². The Hall–Kier alpha value is -2.82. The maximum absolute atomic E-state index is 12.4. The summed E-state index contributed by atoms with van der Waals surface area (Å²) in [5.41, 5.74) is 3.90. The van der Waals surface area contributed by atoms with Crippen LogP contribution in [0.25, 0.3) is 0 Å². The van der Waals surface area contributed by atoms with E-state index in [0.717, 1.165) is 48.9 Å². The molecule has 0 spiro atoms. The van der Waals surface area contributed by atoms with Gasteiger partial charge in [-0.25, -0.2) is 0 Å². The van der Waals surface area contributed by atoms with Crippen molar-refractivity contribution in [3.8, 4) is 0 Å². The fourth-order valence-corrected chi connectivity index (χ4v) is 4.13. The Kier molecular flexibility index (Phi) is 5.84. The van der Waals surface area contributed by atoms with Gasteiger partial charge in [0.25, 0.3) is 0 Å². The molecule has 152 valence electrons. The van der Waals surface area contributed by atoms with E-state index in [0.29, 0.717) is 12.8 Å². The van der Waals surface area contributed by atoms with Gasteiger partial charge in [0.2, 0.25) is 11.8 Å². The maximum atomic E-state index is 12.4. The summed E-state index contributed by atoms with van der Waals surface area (Å²) in [5.74, 6) is 0.960. The number of piperidine rings is 1. The molecule has 0 atom stereocenters. The molecule has 4 rings (SSSR count). The second kappa shape index (κ2) is 8.68. The Labute approximate surface area is 172 Å². The lowest BCUT2D eigenvalue weighted by Gasteiger charge is -2.32. The number of amides is 2. The first kappa shape index (κ1) is 19.5. The molecule has 0 aliphatic carbocycles. The van der Waals surface area contributed by atoms with Crippen LogP contribution in [0.2, 0.25) is 0 Å². The summed E-state index contributed by atoms with van der Waals surface area (Å²) >= 11 is 0. The normalized spacial score (nSPS) is 17.6. The fraction of sp³-hybridized carbons (Fsp3) is 0.417. The quantitative estimate of drug-likeness (QED) is 0.830. The van der Waals surface area contributed by atoms with E-state index >= 15 is 0 Å². The molecule has 1 N–H and O–H groups in total. The van der Waals surface area contributed by atoms with Gasteiger partial charge in [0.15, 0.2) is 0 Å². The zero-order valence-corrected chi connectivity index (χ0v) is 17.1. The number of nitrogens with zero attached hydrogens (tertiary/aromatic N) is 2. The van der Waals surface area contributed by atoms with E-state index in [1.807, 2.05) is 41.3 Å². The molecule has 0 aromatic heterocycles. The highest BCUT2D eigenvalue weighted by molar-refractivity contribution is 5.95. The number of nitrogens with one attached hydrogen (secondary N) is 1. The monoisotopic (exact) mass is 391 g/mol. The molecule has 2 aliphatic rings. The van der Waals surface area contributed by atoms with Crippen LogP contribution in [0.1, 0.15) is 38.2 Å². The molecule has 5 heteroatoms. The number of hydrogen-bond donors (Lipinski definition) is 1. The number of benzene rings is 2. The van der Waals surface area contributed by atoms with Crippen molar-refractivity contribution in [3.05, 3.63) is 54.1 Å². The predicted molar refractivity (Wildman–Crippen MR) is 117 cm³/mol. The van der Waals surface area contributed by atoms with Gasteiger partial charge in [-0.15, -0.1) is 0 Å². The molecule has 2 aromatic rings. The van der Waals surface area contributed by atoms with Crippen molar-refractivity contribution in [3.63, 3.8) is 0 Å². The second-order valence-corrected chi connectivity index (χ2v) is 8.26. The van der Waals surface area contributed by atoms with E-state index in [1.165, 1.54) is 18.5 Å². The van der Waals surface area contributed by atoms with Crippen LogP contribution >= 0.6 is 0 Å². The average Bonchev–Trinajstić information content (AvgIpc) is 3.16. The zero-order valence-electron chi connectivity index (χ0n) is 17.1. The Morgan fingerprint density at radius 2 is 1.62 bits per heavy atom. The summed E-state index contributed by atoms with van der Waals surface area (Å²) in [5, 5.41) is 2.98. The minimum atomic E-state index is -0.0328. The van der Waals surface area contributed by atoms with Gasteiger partial charge >= 0.3 is 0 Å². The fourth-order valence-electron chi connectivity index (χ4n) is 4.13. The highest BCUT2D eigenvalue weighted by Crippen LogP contribution is 2.25. The molecule has 5 nitrogen and oxygen atoms in total. The smallest absolute Gasteiger partial charge is 0.228 e. The SMILES string of the molecule is CC1CCN(c2ccc(NC(=O)Cc3ccc(N4CCCC4=O)cc3)cc2)CC1. The van der Waals surface area contributed by atoms with Crippen LogP contribution in [0, 0.1) is 5.92 Å². The van der Waals surface area contributed by atoms with Gasteiger partial charge in [-0.3, -0.25) is 9.59 Å². The Morgan fingerprint density at radius 3 is 2.24 bits per heavy atom. The third-order valence-electron chi connectivity index (χ3n) is 5.99. The van der Waals surface area contributed by atoms with Gasteiger partial charge in [0.1, 0.15) is 0 Å². The lowest BCUT2D eigenvalue weighted by molar-refractivity contribution is -0.117. The first-order valence-electron chi connectivity index (χ1n) is 10.6. The van der Waals surface area contributed by atoms with Crippen molar-refractivity contribution < 1.29 is 9.59 Å². The highest BCUT2D eigenvalue weighted by atomic mass is 16.2. The lowest BCUT2D eigenvalue weighted by atomic mass is 9.99. The molecule has 2 saturated heterocycles. The van der Waals surface area contributed by atoms with Gasteiger partial charge in [-0.2, -0.15) is 0 Å². The van der Waals surface area contributed by atoms with Crippen LogP contribution in [0.3, 0.4) is 0 Å². The Bertz CT molecular complexity index is 853. The van der Waals surface area contributed by atoms with Crippen molar-refractivity contribution >= 4 is 28.9 Å². The molecule has 2 aromatic carbocycles. The Morgan fingerprint density at radius 1 is 0.966 bits per heavy atom. The molecule has 29 heavy (non-hydrogen) atoms. The molecule has 0 bridgehead atoms. The summed E-state index contributed by atoms with van der Waals surface area (Å²) < 4.78 is 0. The zero-order chi connectivity index (χ0) is 20.2. The van der Waals surface area contributed by atoms with Crippen LogP contribution in [0.5, 0.6) is 0 Å². The number of anilines is 3. The molecule has 0 radical (unpaired) electrons. The Balaban J connectivity index is 1.30. The van der Waals surface area contributed by atoms with Crippen LogP contribution in [0.4, 0.5) is 17.1 Å². The molecule has 2 heterocycles. The molecule has 2 fully saturated rings. The molecule has 2 amide bonds. The van der Waals surface area contributed by atoms with Crippen LogP contribution < -0.4 is 15.1 Å². The number of rotatable bonds is 5. The van der Waals surface area contributed by atoms with Gasteiger partial charge in [-0.1, -0.05) is 19.1 Å². The molecule has 2 aliphatic heterocycles. The first-order chi connectivity index (χ1) is 14.1. The largest absolute Gasteiger partial charge is 0.372 e. The van der Waals surface area contributed by atoms with E-state index in [1.54, 1.807) is 0 Å². The highest BCUT2D eigenvalue weighted by Gasteiger charge is 2.21. The molecule has 0 saturated carbocycles. The van der Waals surface area contributed by atoms with Gasteiger partial charge in [-0.05, 0) is 67.1 Å². The number of carbonyl (C=O) groups is 2. The van der Waals surface area contributed by atoms with Gasteiger partial charge in [0, 0.05) is 43.1 Å². The van der Waals surface area contributed by atoms with E-state index in [-0.39, 0.29) is 11.8 Å². The minimum absolute atomic E-state index is 0.0328. The lowest BCUT2D eigenvalue weighted by Crippen LogP contribution is -2.32. The van der Waals surface area contributed by atoms with E-state index in [9.17, 15) is 9.59 Å². The van der Waals surface area contributed by atoms with Crippen LogP contribution in [0.15, 0.2) is 48.5 Å². The van der Waals surface area contributed by atoms with Crippen molar-refractivity contribution in [2.75, 3.05) is 34.8 Å². The van der Waals surface area contributed by atoms with E-state index in [2.05, 4.69) is 29.3 Å². The third kappa shape index (κ3) is 4.78. The summed E-state index contributed by atoms with van der Waals surface area (Å²) in [4.78, 5) is 28.5. The molecular formula is C24H29N3O2. The predicted octanol–water partition coefficient (Wildman–Crippen LogP) is 4.23. The summed E-state index contributed by atoms with van der Waals surface area (Å²) in [6.07, 6.45) is 4.34. The van der Waals surface area contributed by atoms with Crippen LogP contribution in [-0.2, 0) is 16.0 Å². The number of hydrogen-bond acceptors (Lipinski definition) is 3. The van der Waals surface area contributed by atoms with Crippen molar-refractivity contribution in [2.24, 2.45) is 5.92 Å². The van der Waals surface area contributed by atoms with Crippen molar-refractivity contribution in [1.29, 1.82) is 0 Å². The van der Waals surface area contributed by atoms with Crippen molar-refractivity contribution in [1.82, 2.24) is 0 Å². The van der Waals surface area contributed by atoms with E-state index in [4.69, 9.17) is 0 Å². The molecular weight excluding hydrogens is 362 g/mol. The van der Waals surface area contributed by atoms with Gasteiger partial charge in [0.05, 0.1) is 6.42 Å².